The SMILES string of the molecule is CCOC(=O)C(CC)OC1(CN)CCC(C(C)C)CC1. The highest BCUT2D eigenvalue weighted by molar-refractivity contribution is 5.74. The van der Waals surface area contributed by atoms with Gasteiger partial charge in [0.1, 0.15) is 0 Å². The van der Waals surface area contributed by atoms with Crippen molar-refractivity contribution in [2.45, 2.75) is 71.5 Å². The molecule has 2 N–H and O–H groups in total. The number of esters is 1. The quantitative estimate of drug-likeness (QED) is 0.731. The van der Waals surface area contributed by atoms with Crippen LogP contribution in [0.3, 0.4) is 0 Å². The van der Waals surface area contributed by atoms with Crippen LogP contribution >= 0.6 is 0 Å². The van der Waals surface area contributed by atoms with Gasteiger partial charge in [0.15, 0.2) is 6.10 Å². The number of hydrogen-bond donors (Lipinski definition) is 1. The molecule has 1 aliphatic rings. The molecule has 1 saturated carbocycles. The summed E-state index contributed by atoms with van der Waals surface area (Å²) in [5.74, 6) is 1.20. The van der Waals surface area contributed by atoms with Crippen molar-refractivity contribution in [2.75, 3.05) is 13.2 Å². The Bertz CT molecular complexity index is 296. The first-order valence-electron chi connectivity index (χ1n) is 8.02. The standard InChI is InChI=1S/C16H31NO3/c1-5-14(15(18)19-6-2)20-16(11-17)9-7-13(8-10-16)12(3)4/h12-14H,5-11,17H2,1-4H3. The zero-order chi connectivity index (χ0) is 15.2. The van der Waals surface area contributed by atoms with Crippen molar-refractivity contribution in [3.05, 3.63) is 0 Å². The second-order valence-corrected chi connectivity index (χ2v) is 6.24. The molecule has 0 amide bonds. The summed E-state index contributed by atoms with van der Waals surface area (Å²) in [5.41, 5.74) is 5.63. The number of carbonyl (C=O) groups is 1. The van der Waals surface area contributed by atoms with Crippen LogP contribution in [0.1, 0.15) is 59.8 Å². The van der Waals surface area contributed by atoms with E-state index in [1.54, 1.807) is 0 Å². The molecule has 0 saturated heterocycles. The van der Waals surface area contributed by atoms with Crippen LogP contribution in [0.5, 0.6) is 0 Å². The van der Waals surface area contributed by atoms with E-state index in [1.807, 2.05) is 13.8 Å². The Labute approximate surface area is 123 Å². The Kier molecular flexibility index (Phi) is 6.96. The average Bonchev–Trinajstić information content (AvgIpc) is 2.45. The highest BCUT2D eigenvalue weighted by Gasteiger charge is 2.39. The number of carbonyl (C=O) groups excluding carboxylic acids is 1. The van der Waals surface area contributed by atoms with E-state index < -0.39 is 6.10 Å². The van der Waals surface area contributed by atoms with Gasteiger partial charge >= 0.3 is 5.97 Å². The molecule has 1 unspecified atom stereocenters. The number of hydrogen-bond acceptors (Lipinski definition) is 4. The number of rotatable bonds is 7. The maximum Gasteiger partial charge on any atom is 0.335 e. The average molecular weight is 285 g/mol. The lowest BCUT2D eigenvalue weighted by Gasteiger charge is -2.42. The Morgan fingerprint density at radius 1 is 1.30 bits per heavy atom. The highest BCUT2D eigenvalue weighted by Crippen LogP contribution is 2.38. The molecule has 1 aliphatic carbocycles. The van der Waals surface area contributed by atoms with Crippen LogP contribution in [-0.2, 0) is 14.3 Å². The largest absolute Gasteiger partial charge is 0.464 e. The zero-order valence-electron chi connectivity index (χ0n) is 13.5. The molecule has 1 fully saturated rings. The van der Waals surface area contributed by atoms with Crippen molar-refractivity contribution in [1.29, 1.82) is 0 Å². The Balaban J connectivity index is 2.64. The van der Waals surface area contributed by atoms with Gasteiger partial charge in [-0.25, -0.2) is 4.79 Å². The predicted octanol–water partition coefficient (Wildman–Crippen LogP) is 2.89. The van der Waals surface area contributed by atoms with E-state index in [2.05, 4.69) is 13.8 Å². The van der Waals surface area contributed by atoms with Crippen molar-refractivity contribution >= 4 is 5.97 Å². The maximum absolute atomic E-state index is 11.9. The van der Waals surface area contributed by atoms with Gasteiger partial charge in [-0.15, -0.1) is 0 Å². The van der Waals surface area contributed by atoms with Crippen molar-refractivity contribution in [3.63, 3.8) is 0 Å². The van der Waals surface area contributed by atoms with Gasteiger partial charge in [-0.1, -0.05) is 20.8 Å². The van der Waals surface area contributed by atoms with Crippen molar-refractivity contribution in [2.24, 2.45) is 17.6 Å². The van der Waals surface area contributed by atoms with Crippen LogP contribution in [0, 0.1) is 11.8 Å². The van der Waals surface area contributed by atoms with Crippen molar-refractivity contribution in [1.82, 2.24) is 0 Å². The summed E-state index contributed by atoms with van der Waals surface area (Å²) in [5, 5.41) is 0. The zero-order valence-corrected chi connectivity index (χ0v) is 13.5. The monoisotopic (exact) mass is 285 g/mol. The fraction of sp³-hybridized carbons (Fsp3) is 0.938. The van der Waals surface area contributed by atoms with Gasteiger partial charge in [-0.3, -0.25) is 0 Å². The van der Waals surface area contributed by atoms with Crippen LogP contribution in [0.2, 0.25) is 0 Å². The summed E-state index contributed by atoms with van der Waals surface area (Å²) >= 11 is 0. The smallest absolute Gasteiger partial charge is 0.335 e. The van der Waals surface area contributed by atoms with E-state index in [0.717, 1.165) is 31.6 Å². The Morgan fingerprint density at radius 3 is 2.30 bits per heavy atom. The van der Waals surface area contributed by atoms with Gasteiger partial charge < -0.3 is 15.2 Å². The van der Waals surface area contributed by atoms with Gasteiger partial charge in [-0.05, 0) is 50.9 Å². The molecule has 0 aromatic carbocycles. The van der Waals surface area contributed by atoms with Crippen LogP contribution in [0.4, 0.5) is 0 Å². The molecule has 118 valence electrons. The molecule has 0 aliphatic heterocycles. The lowest BCUT2D eigenvalue weighted by molar-refractivity contribution is -0.175. The van der Waals surface area contributed by atoms with E-state index in [9.17, 15) is 4.79 Å². The summed E-state index contributed by atoms with van der Waals surface area (Å²) in [6, 6.07) is 0. The molecular weight excluding hydrogens is 254 g/mol. The van der Waals surface area contributed by atoms with Crippen LogP contribution in [-0.4, -0.2) is 30.8 Å². The number of ether oxygens (including phenoxy) is 2. The van der Waals surface area contributed by atoms with E-state index >= 15 is 0 Å². The lowest BCUT2D eigenvalue weighted by Crippen LogP contribution is -2.48. The summed E-state index contributed by atoms with van der Waals surface area (Å²) < 4.78 is 11.2. The summed E-state index contributed by atoms with van der Waals surface area (Å²) in [4.78, 5) is 11.9. The predicted molar refractivity (Wildman–Crippen MR) is 80.4 cm³/mol. The van der Waals surface area contributed by atoms with Gasteiger partial charge in [0, 0.05) is 6.54 Å². The minimum absolute atomic E-state index is 0.256. The lowest BCUT2D eigenvalue weighted by atomic mass is 9.74. The first kappa shape index (κ1) is 17.4. The minimum atomic E-state index is -0.478. The van der Waals surface area contributed by atoms with E-state index in [4.69, 9.17) is 15.2 Å². The fourth-order valence-corrected chi connectivity index (χ4v) is 3.04. The topological polar surface area (TPSA) is 61.5 Å². The molecular formula is C16H31NO3. The third-order valence-corrected chi connectivity index (χ3v) is 4.57. The molecule has 4 heteroatoms. The van der Waals surface area contributed by atoms with Crippen LogP contribution in [0.15, 0.2) is 0 Å². The molecule has 0 bridgehead atoms. The van der Waals surface area contributed by atoms with Gasteiger partial charge in [0.2, 0.25) is 0 Å². The molecule has 1 atom stereocenters. The molecule has 4 nitrogen and oxygen atoms in total. The van der Waals surface area contributed by atoms with Gasteiger partial charge in [0.05, 0.1) is 12.2 Å². The van der Waals surface area contributed by atoms with E-state index in [-0.39, 0.29) is 11.6 Å². The second kappa shape index (κ2) is 7.99. The van der Waals surface area contributed by atoms with Gasteiger partial charge in [-0.2, -0.15) is 0 Å². The van der Waals surface area contributed by atoms with E-state index in [0.29, 0.717) is 25.5 Å². The van der Waals surface area contributed by atoms with E-state index in [1.165, 1.54) is 0 Å². The Morgan fingerprint density at radius 2 is 1.90 bits per heavy atom. The maximum atomic E-state index is 11.9. The first-order chi connectivity index (χ1) is 9.48. The third kappa shape index (κ3) is 4.45. The van der Waals surface area contributed by atoms with Crippen molar-refractivity contribution < 1.29 is 14.3 Å². The molecule has 1 rings (SSSR count). The van der Waals surface area contributed by atoms with Crippen LogP contribution < -0.4 is 5.73 Å². The molecule has 0 aromatic heterocycles. The molecule has 0 radical (unpaired) electrons. The molecule has 0 aromatic rings. The fourth-order valence-electron chi connectivity index (χ4n) is 3.04. The summed E-state index contributed by atoms with van der Waals surface area (Å²) in [7, 11) is 0. The third-order valence-electron chi connectivity index (χ3n) is 4.57. The first-order valence-corrected chi connectivity index (χ1v) is 8.02. The normalized spacial score (nSPS) is 28.4. The summed E-state index contributed by atoms with van der Waals surface area (Å²) in [6.45, 7) is 9.18. The minimum Gasteiger partial charge on any atom is -0.464 e. The van der Waals surface area contributed by atoms with Crippen LogP contribution in [0.25, 0.3) is 0 Å². The number of nitrogens with two attached hydrogens (primary N) is 1. The Hall–Kier alpha value is -0.610. The molecule has 0 heterocycles. The van der Waals surface area contributed by atoms with Gasteiger partial charge in [0.25, 0.3) is 0 Å². The second-order valence-electron chi connectivity index (χ2n) is 6.24. The highest BCUT2D eigenvalue weighted by atomic mass is 16.6. The van der Waals surface area contributed by atoms with Crippen molar-refractivity contribution in [3.8, 4) is 0 Å². The summed E-state index contributed by atoms with van der Waals surface area (Å²) in [6.07, 6.45) is 4.31. The molecule has 0 spiro atoms. The molecule has 20 heavy (non-hydrogen) atoms.